The van der Waals surface area contributed by atoms with E-state index in [1.54, 1.807) is 0 Å². The molecule has 2 aromatic rings. The van der Waals surface area contributed by atoms with Gasteiger partial charge in [-0.2, -0.15) is 0 Å². The summed E-state index contributed by atoms with van der Waals surface area (Å²) in [5.41, 5.74) is 0.332. The molecule has 0 saturated carbocycles. The van der Waals surface area contributed by atoms with Crippen molar-refractivity contribution < 1.29 is 14.6 Å². The van der Waals surface area contributed by atoms with Crippen molar-refractivity contribution in [1.82, 2.24) is 0 Å². The summed E-state index contributed by atoms with van der Waals surface area (Å²) in [5, 5.41) is 22.4. The molecule has 0 N–H and O–H groups in total. The third-order valence-corrected chi connectivity index (χ3v) is 3.47. The largest absolute Gasteiger partial charge is 0.372 e. The van der Waals surface area contributed by atoms with Gasteiger partial charge in [0.2, 0.25) is 0 Å². The molecule has 0 fully saturated rings. The minimum Gasteiger partial charge on any atom is -0.372 e. The number of nitro groups is 2. The number of hydrogen-bond donors (Lipinski definition) is 0. The lowest BCUT2D eigenvalue weighted by molar-refractivity contribution is -0.386. The molecule has 0 heterocycles. The summed E-state index contributed by atoms with van der Waals surface area (Å²) >= 11 is 11.5. The van der Waals surface area contributed by atoms with Gasteiger partial charge in [-0.1, -0.05) is 23.2 Å². The summed E-state index contributed by atoms with van der Waals surface area (Å²) in [5.74, 6) is 0. The number of nitrogens with zero attached hydrogens (tertiary/aromatic N) is 2. The first-order chi connectivity index (χ1) is 10.9. The molecule has 7 nitrogen and oxygen atoms in total. The van der Waals surface area contributed by atoms with Gasteiger partial charge in [-0.3, -0.25) is 20.2 Å². The number of halogens is 2. The zero-order valence-corrected chi connectivity index (χ0v) is 13.1. The Balaban J connectivity index is 2.12. The molecule has 0 aliphatic carbocycles. The van der Waals surface area contributed by atoms with Crippen molar-refractivity contribution >= 4 is 34.6 Å². The summed E-state index contributed by atoms with van der Waals surface area (Å²) in [6.07, 6.45) is 0. The first kappa shape index (κ1) is 17.1. The minimum atomic E-state index is -0.560. The molecule has 23 heavy (non-hydrogen) atoms. The van der Waals surface area contributed by atoms with Gasteiger partial charge in [-0.25, -0.2) is 0 Å². The fourth-order valence-electron chi connectivity index (χ4n) is 1.93. The molecule has 0 aromatic heterocycles. The van der Waals surface area contributed by atoms with Gasteiger partial charge >= 0.3 is 0 Å². The van der Waals surface area contributed by atoms with Crippen LogP contribution < -0.4 is 0 Å². The molecular formula is C14H10Cl2N2O5. The van der Waals surface area contributed by atoms with Crippen molar-refractivity contribution in [3.05, 3.63) is 77.8 Å². The Morgan fingerprint density at radius 2 is 1.22 bits per heavy atom. The maximum Gasteiger partial charge on any atom is 0.276 e. The molecule has 2 aromatic carbocycles. The third-order valence-electron chi connectivity index (χ3n) is 3.00. The first-order valence-corrected chi connectivity index (χ1v) is 7.07. The van der Waals surface area contributed by atoms with E-state index < -0.39 is 9.85 Å². The smallest absolute Gasteiger partial charge is 0.276 e. The monoisotopic (exact) mass is 356 g/mol. The van der Waals surface area contributed by atoms with Crippen LogP contribution in [-0.2, 0) is 18.0 Å². The summed E-state index contributed by atoms with van der Waals surface area (Å²) in [6, 6.07) is 8.44. The van der Waals surface area contributed by atoms with Crippen LogP contribution in [0.4, 0.5) is 11.4 Å². The Kier molecular flexibility index (Phi) is 5.49. The fourth-order valence-corrected chi connectivity index (χ4v) is 2.26. The van der Waals surface area contributed by atoms with Crippen LogP contribution in [0.25, 0.3) is 0 Å². The topological polar surface area (TPSA) is 95.5 Å². The maximum atomic E-state index is 11.0. The van der Waals surface area contributed by atoms with E-state index in [0.29, 0.717) is 11.1 Å². The highest BCUT2D eigenvalue weighted by molar-refractivity contribution is 6.31. The Morgan fingerprint density at radius 1 is 0.826 bits per heavy atom. The molecule has 0 radical (unpaired) electrons. The standard InChI is InChI=1S/C14H10Cl2N2O5/c15-11-3-1-9(13(5-11)17(19)20)7-23-8-10-2-4-12(16)6-14(10)18(21)22/h1-6H,7-8H2. The van der Waals surface area contributed by atoms with Crippen LogP contribution >= 0.6 is 23.2 Å². The molecule has 9 heteroatoms. The Labute approximate surface area is 140 Å². The van der Waals surface area contributed by atoms with E-state index in [2.05, 4.69) is 0 Å². The van der Waals surface area contributed by atoms with Gasteiger partial charge in [0.15, 0.2) is 0 Å². The van der Waals surface area contributed by atoms with Crippen molar-refractivity contribution in [2.24, 2.45) is 0 Å². The summed E-state index contributed by atoms with van der Waals surface area (Å²) in [6.45, 7) is -0.152. The lowest BCUT2D eigenvalue weighted by Gasteiger charge is -2.07. The van der Waals surface area contributed by atoms with Crippen LogP contribution in [-0.4, -0.2) is 9.85 Å². The molecule has 0 saturated heterocycles. The molecule has 0 atom stereocenters. The van der Waals surface area contributed by atoms with E-state index in [-0.39, 0.29) is 34.6 Å². The first-order valence-electron chi connectivity index (χ1n) is 6.32. The molecule has 0 amide bonds. The van der Waals surface area contributed by atoms with Crippen LogP contribution in [0, 0.1) is 20.2 Å². The Hall–Kier alpha value is -2.22. The van der Waals surface area contributed by atoms with Crippen LogP contribution in [0.5, 0.6) is 0 Å². The van der Waals surface area contributed by atoms with E-state index in [0.717, 1.165) is 0 Å². The molecule has 0 spiro atoms. The normalized spacial score (nSPS) is 10.5. The quantitative estimate of drug-likeness (QED) is 0.559. The van der Waals surface area contributed by atoms with Gasteiger partial charge in [0.1, 0.15) is 0 Å². The predicted molar refractivity (Wildman–Crippen MR) is 84.7 cm³/mol. The average molecular weight is 357 g/mol. The number of benzene rings is 2. The van der Waals surface area contributed by atoms with Crippen molar-refractivity contribution in [3.63, 3.8) is 0 Å². The molecule has 0 aliphatic rings. The molecule has 2 rings (SSSR count). The predicted octanol–water partition coefficient (Wildman–Crippen LogP) is 4.53. The zero-order chi connectivity index (χ0) is 17.0. The van der Waals surface area contributed by atoms with Crippen LogP contribution in [0.3, 0.4) is 0 Å². The van der Waals surface area contributed by atoms with Crippen molar-refractivity contribution in [3.8, 4) is 0 Å². The van der Waals surface area contributed by atoms with Gasteiger partial charge in [-0.15, -0.1) is 0 Å². The molecule has 0 bridgehead atoms. The molecule has 120 valence electrons. The highest BCUT2D eigenvalue weighted by Crippen LogP contribution is 2.26. The highest BCUT2D eigenvalue weighted by Gasteiger charge is 2.17. The second-order valence-electron chi connectivity index (χ2n) is 4.55. The summed E-state index contributed by atoms with van der Waals surface area (Å²) in [4.78, 5) is 20.8. The third kappa shape index (κ3) is 4.38. The number of rotatable bonds is 6. The Bertz CT molecular complexity index is 703. The van der Waals surface area contributed by atoms with Crippen LogP contribution in [0.15, 0.2) is 36.4 Å². The van der Waals surface area contributed by atoms with Crippen molar-refractivity contribution in [1.29, 1.82) is 0 Å². The van der Waals surface area contributed by atoms with E-state index >= 15 is 0 Å². The number of nitro benzene ring substituents is 2. The van der Waals surface area contributed by atoms with E-state index in [4.69, 9.17) is 27.9 Å². The van der Waals surface area contributed by atoms with E-state index in [9.17, 15) is 20.2 Å². The van der Waals surface area contributed by atoms with Gasteiger partial charge in [0.25, 0.3) is 11.4 Å². The van der Waals surface area contributed by atoms with E-state index in [1.165, 1.54) is 36.4 Å². The lowest BCUT2D eigenvalue weighted by Crippen LogP contribution is -2.01. The highest BCUT2D eigenvalue weighted by atomic mass is 35.5. The van der Waals surface area contributed by atoms with Crippen LogP contribution in [0.2, 0.25) is 10.0 Å². The summed E-state index contributed by atoms with van der Waals surface area (Å²) < 4.78 is 5.37. The Morgan fingerprint density at radius 3 is 1.57 bits per heavy atom. The second-order valence-corrected chi connectivity index (χ2v) is 5.43. The lowest BCUT2D eigenvalue weighted by atomic mass is 10.2. The number of ether oxygens (including phenoxy) is 1. The zero-order valence-electron chi connectivity index (χ0n) is 11.6. The van der Waals surface area contributed by atoms with Gasteiger partial charge in [0, 0.05) is 22.2 Å². The molecule has 0 unspecified atom stereocenters. The molecular weight excluding hydrogens is 347 g/mol. The summed E-state index contributed by atoms with van der Waals surface area (Å²) in [7, 11) is 0. The minimum absolute atomic E-state index is 0.0761. The van der Waals surface area contributed by atoms with E-state index in [1.807, 2.05) is 0 Å². The van der Waals surface area contributed by atoms with Gasteiger partial charge in [0.05, 0.1) is 34.2 Å². The van der Waals surface area contributed by atoms with Crippen molar-refractivity contribution in [2.45, 2.75) is 13.2 Å². The number of hydrogen-bond acceptors (Lipinski definition) is 5. The average Bonchev–Trinajstić information content (AvgIpc) is 2.49. The maximum absolute atomic E-state index is 11.0. The van der Waals surface area contributed by atoms with Gasteiger partial charge in [-0.05, 0) is 24.3 Å². The molecule has 0 aliphatic heterocycles. The van der Waals surface area contributed by atoms with Crippen molar-refractivity contribution in [2.75, 3.05) is 0 Å². The van der Waals surface area contributed by atoms with Crippen LogP contribution in [0.1, 0.15) is 11.1 Å². The van der Waals surface area contributed by atoms with Gasteiger partial charge < -0.3 is 4.74 Å². The second kappa shape index (κ2) is 7.36. The SMILES string of the molecule is O=[N+]([O-])c1cc(Cl)ccc1COCc1ccc(Cl)cc1[N+](=O)[O-]. The fraction of sp³-hybridized carbons (Fsp3) is 0.143.